The van der Waals surface area contributed by atoms with Gasteiger partial charge in [-0.2, -0.15) is 0 Å². The predicted octanol–water partition coefficient (Wildman–Crippen LogP) is 3.15. The van der Waals surface area contributed by atoms with Gasteiger partial charge in [-0.1, -0.05) is 12.1 Å². The summed E-state index contributed by atoms with van der Waals surface area (Å²) in [6.07, 6.45) is 0. The number of benzene rings is 1. The van der Waals surface area contributed by atoms with Gasteiger partial charge in [0.2, 0.25) is 0 Å². The minimum atomic E-state index is -0.228. The summed E-state index contributed by atoms with van der Waals surface area (Å²) in [5.74, 6) is 0.520. The van der Waals surface area contributed by atoms with Crippen molar-refractivity contribution in [2.24, 2.45) is 4.99 Å². The van der Waals surface area contributed by atoms with Crippen LogP contribution in [0.3, 0.4) is 0 Å². The van der Waals surface area contributed by atoms with Crippen molar-refractivity contribution in [2.45, 2.75) is 33.9 Å². The van der Waals surface area contributed by atoms with Crippen LogP contribution in [0.15, 0.2) is 29.3 Å². The Balaban J connectivity index is 1.97. The number of rotatable bonds is 5. The van der Waals surface area contributed by atoms with Crippen LogP contribution in [0.2, 0.25) is 0 Å². The first-order valence-electron chi connectivity index (χ1n) is 7.28. The zero-order valence-corrected chi connectivity index (χ0v) is 13.9. The van der Waals surface area contributed by atoms with E-state index in [1.807, 2.05) is 20.8 Å². The number of aryl methyl sites for hydroxylation is 2. The van der Waals surface area contributed by atoms with Crippen molar-refractivity contribution < 1.29 is 4.39 Å². The smallest absolute Gasteiger partial charge is 0.191 e. The fourth-order valence-corrected chi connectivity index (χ4v) is 2.88. The summed E-state index contributed by atoms with van der Waals surface area (Å²) in [6, 6.07) is 6.40. The number of aromatic nitrogens is 1. The maximum absolute atomic E-state index is 12.9. The summed E-state index contributed by atoms with van der Waals surface area (Å²) in [5, 5.41) is 7.59. The van der Waals surface area contributed by atoms with Gasteiger partial charge in [-0.3, -0.25) is 0 Å². The van der Waals surface area contributed by atoms with E-state index < -0.39 is 0 Å². The van der Waals surface area contributed by atoms with Crippen molar-refractivity contribution in [1.82, 2.24) is 15.6 Å². The van der Waals surface area contributed by atoms with Crippen molar-refractivity contribution in [3.8, 4) is 0 Å². The van der Waals surface area contributed by atoms with E-state index in [9.17, 15) is 4.39 Å². The maximum atomic E-state index is 12.9. The largest absolute Gasteiger partial charge is 0.357 e. The zero-order chi connectivity index (χ0) is 15.9. The third kappa shape index (κ3) is 4.80. The van der Waals surface area contributed by atoms with Gasteiger partial charge in [-0.15, -0.1) is 11.3 Å². The molecule has 0 fully saturated rings. The monoisotopic (exact) mass is 320 g/mol. The molecule has 2 aromatic rings. The fraction of sp³-hybridized carbons (Fsp3) is 0.375. The van der Waals surface area contributed by atoms with E-state index in [4.69, 9.17) is 0 Å². The van der Waals surface area contributed by atoms with E-state index in [0.29, 0.717) is 13.1 Å². The topological polar surface area (TPSA) is 49.3 Å². The third-order valence-electron chi connectivity index (χ3n) is 3.09. The molecule has 4 nitrogen and oxygen atoms in total. The van der Waals surface area contributed by atoms with Crippen LogP contribution in [0.4, 0.5) is 4.39 Å². The first kappa shape index (κ1) is 16.4. The van der Waals surface area contributed by atoms with Gasteiger partial charge in [-0.05, 0) is 38.5 Å². The summed E-state index contributed by atoms with van der Waals surface area (Å²) < 4.78 is 12.9. The molecule has 2 N–H and O–H groups in total. The molecule has 0 bridgehead atoms. The number of aliphatic imine (C=N–C) groups is 1. The Morgan fingerprint density at radius 1 is 1.23 bits per heavy atom. The lowest BCUT2D eigenvalue weighted by Crippen LogP contribution is -2.36. The lowest BCUT2D eigenvalue weighted by atomic mass is 10.2. The number of nitrogens with one attached hydrogen (secondary N) is 2. The number of nitrogens with zero attached hydrogens (tertiary/aromatic N) is 2. The van der Waals surface area contributed by atoms with Gasteiger partial charge < -0.3 is 10.6 Å². The minimum absolute atomic E-state index is 0.228. The summed E-state index contributed by atoms with van der Waals surface area (Å²) in [5.41, 5.74) is 2.04. The first-order chi connectivity index (χ1) is 10.6. The number of guanidine groups is 1. The molecule has 1 heterocycles. The molecule has 0 spiro atoms. The molecule has 118 valence electrons. The van der Waals surface area contributed by atoms with Crippen molar-refractivity contribution in [3.05, 3.63) is 51.2 Å². The molecule has 0 saturated carbocycles. The second-order valence-electron chi connectivity index (χ2n) is 4.92. The zero-order valence-electron chi connectivity index (χ0n) is 13.1. The lowest BCUT2D eigenvalue weighted by molar-refractivity contribution is 0.627. The van der Waals surface area contributed by atoms with Crippen molar-refractivity contribution >= 4 is 17.3 Å². The molecule has 1 aromatic carbocycles. The maximum Gasteiger partial charge on any atom is 0.191 e. The van der Waals surface area contributed by atoms with Gasteiger partial charge in [0.05, 0.1) is 23.8 Å². The molecule has 0 amide bonds. The molecule has 0 saturated heterocycles. The molecule has 0 aliphatic carbocycles. The van der Waals surface area contributed by atoms with Crippen LogP contribution < -0.4 is 10.6 Å². The second kappa shape index (κ2) is 7.89. The second-order valence-corrected chi connectivity index (χ2v) is 6.20. The molecular formula is C16H21FN4S. The van der Waals surface area contributed by atoms with Crippen LogP contribution >= 0.6 is 11.3 Å². The molecule has 0 radical (unpaired) electrons. The number of halogens is 1. The quantitative estimate of drug-likeness (QED) is 0.657. The van der Waals surface area contributed by atoms with Crippen LogP contribution in [0.5, 0.6) is 0 Å². The third-order valence-corrected chi connectivity index (χ3v) is 4.17. The molecule has 0 aliphatic rings. The molecule has 0 atom stereocenters. The summed E-state index contributed by atoms with van der Waals surface area (Å²) in [7, 11) is 0. The lowest BCUT2D eigenvalue weighted by Gasteiger charge is -2.10. The van der Waals surface area contributed by atoms with Crippen LogP contribution in [-0.4, -0.2) is 17.5 Å². The molecule has 0 aliphatic heterocycles. The van der Waals surface area contributed by atoms with E-state index in [2.05, 4.69) is 20.6 Å². The Kier molecular flexibility index (Phi) is 5.89. The predicted molar refractivity (Wildman–Crippen MR) is 89.6 cm³/mol. The molecule has 1 aromatic heterocycles. The van der Waals surface area contributed by atoms with Crippen LogP contribution in [0, 0.1) is 19.7 Å². The first-order valence-corrected chi connectivity index (χ1v) is 8.09. The standard InChI is InChI=1S/C16H21FN4S/c1-4-18-16(19-9-13-5-7-14(17)8-6-13)20-10-15-11(2)21-12(3)22-15/h5-8H,4,9-10H2,1-3H3,(H2,18,19,20). The number of hydrogen-bond acceptors (Lipinski definition) is 3. The fourth-order valence-electron chi connectivity index (χ4n) is 2.00. The normalized spacial score (nSPS) is 11.5. The average Bonchev–Trinajstić information content (AvgIpc) is 2.81. The Morgan fingerprint density at radius 3 is 2.55 bits per heavy atom. The van der Waals surface area contributed by atoms with Gasteiger partial charge in [0, 0.05) is 11.4 Å². The van der Waals surface area contributed by atoms with E-state index in [0.717, 1.165) is 28.8 Å². The Hall–Kier alpha value is -1.95. The Morgan fingerprint density at radius 2 is 1.95 bits per heavy atom. The SMILES string of the molecule is CCNC(=NCc1ccc(F)cc1)NCc1sc(C)nc1C. The molecule has 6 heteroatoms. The Labute approximate surface area is 134 Å². The van der Waals surface area contributed by atoms with Gasteiger partial charge in [-0.25, -0.2) is 14.4 Å². The molecule has 22 heavy (non-hydrogen) atoms. The number of hydrogen-bond donors (Lipinski definition) is 2. The van der Waals surface area contributed by atoms with Crippen LogP contribution in [0.25, 0.3) is 0 Å². The van der Waals surface area contributed by atoms with Crippen molar-refractivity contribution in [1.29, 1.82) is 0 Å². The molecule has 0 unspecified atom stereocenters. The van der Waals surface area contributed by atoms with E-state index >= 15 is 0 Å². The van der Waals surface area contributed by atoms with Gasteiger partial charge >= 0.3 is 0 Å². The molecule has 2 rings (SSSR count). The van der Waals surface area contributed by atoms with Crippen LogP contribution in [0.1, 0.15) is 28.1 Å². The summed E-state index contributed by atoms with van der Waals surface area (Å²) >= 11 is 1.69. The van der Waals surface area contributed by atoms with E-state index in [1.165, 1.54) is 17.0 Å². The van der Waals surface area contributed by atoms with Crippen LogP contribution in [-0.2, 0) is 13.1 Å². The van der Waals surface area contributed by atoms with Crippen molar-refractivity contribution in [3.63, 3.8) is 0 Å². The van der Waals surface area contributed by atoms with Gasteiger partial charge in [0.15, 0.2) is 5.96 Å². The van der Waals surface area contributed by atoms with Gasteiger partial charge in [0.1, 0.15) is 5.82 Å². The highest BCUT2D eigenvalue weighted by Crippen LogP contribution is 2.16. The van der Waals surface area contributed by atoms with E-state index in [-0.39, 0.29) is 5.82 Å². The van der Waals surface area contributed by atoms with Gasteiger partial charge in [0.25, 0.3) is 0 Å². The highest BCUT2D eigenvalue weighted by atomic mass is 32.1. The Bertz CT molecular complexity index is 634. The minimum Gasteiger partial charge on any atom is -0.357 e. The highest BCUT2D eigenvalue weighted by Gasteiger charge is 2.05. The average molecular weight is 320 g/mol. The summed E-state index contributed by atoms with van der Waals surface area (Å²) in [4.78, 5) is 10.2. The number of thiazole rings is 1. The summed E-state index contributed by atoms with van der Waals surface area (Å²) in [6.45, 7) is 8.05. The molecular weight excluding hydrogens is 299 g/mol. The van der Waals surface area contributed by atoms with E-state index in [1.54, 1.807) is 23.5 Å². The highest BCUT2D eigenvalue weighted by molar-refractivity contribution is 7.11. The van der Waals surface area contributed by atoms with Crippen molar-refractivity contribution in [2.75, 3.05) is 6.54 Å².